The number of hydroxylamine groups is 2. The average Bonchev–Trinajstić information content (AvgIpc) is 3.29. The van der Waals surface area contributed by atoms with Gasteiger partial charge in [-0.05, 0) is 44.2 Å². The van der Waals surface area contributed by atoms with E-state index in [9.17, 15) is 9.60 Å². The van der Waals surface area contributed by atoms with Gasteiger partial charge in [0.25, 0.3) is 0 Å². The van der Waals surface area contributed by atoms with Crippen LogP contribution in [-0.2, 0) is 15.4 Å². The minimum Gasteiger partial charge on any atom is -0.785 e. The van der Waals surface area contributed by atoms with Crippen LogP contribution in [-0.4, -0.2) is 56.2 Å². The second kappa shape index (κ2) is 8.80. The van der Waals surface area contributed by atoms with Gasteiger partial charge < -0.3 is 16.0 Å². The van der Waals surface area contributed by atoms with Gasteiger partial charge in [0.05, 0.1) is 21.3 Å². The molecule has 0 bridgehead atoms. The van der Waals surface area contributed by atoms with Crippen LogP contribution >= 0.6 is 11.6 Å². The van der Waals surface area contributed by atoms with Gasteiger partial charge in [-0.2, -0.15) is 0 Å². The Balaban J connectivity index is 1.79. The summed E-state index contributed by atoms with van der Waals surface area (Å²) in [4.78, 5) is 4.19. The second-order valence-corrected chi connectivity index (χ2v) is 11.0. The maximum absolute atomic E-state index is 15.1. The van der Waals surface area contributed by atoms with E-state index >= 15 is 4.39 Å². The predicted octanol–water partition coefficient (Wildman–Crippen LogP) is 3.60. The molecule has 0 aliphatic carbocycles. The van der Waals surface area contributed by atoms with Crippen LogP contribution in [0.15, 0.2) is 47.1 Å². The summed E-state index contributed by atoms with van der Waals surface area (Å²) in [6.07, 6.45) is 3.10. The molecular weight excluding hydrogens is 472 g/mol. The van der Waals surface area contributed by atoms with Gasteiger partial charge in [0.15, 0.2) is 5.82 Å². The Morgan fingerprint density at radius 2 is 2.09 bits per heavy atom. The summed E-state index contributed by atoms with van der Waals surface area (Å²) in [7, 11) is 0.371. The third-order valence-electron chi connectivity index (χ3n) is 5.98. The predicted molar refractivity (Wildman–Crippen MR) is 125 cm³/mol. The number of alkyl halides is 1. The molecule has 3 atom stereocenters. The summed E-state index contributed by atoms with van der Waals surface area (Å²) < 4.78 is 34.1. The SMILES string of the molecule is CN=S1C(N)C(C)(C)N([O-])C[C@]1(CF)c1cc(-c2cn(-c3ccc(Cl)cn3)nn2)ccc1F. The highest BCUT2D eigenvalue weighted by atomic mass is 35.5. The summed E-state index contributed by atoms with van der Waals surface area (Å²) in [5, 5.41) is 21.5. The first-order chi connectivity index (χ1) is 15.6. The fourth-order valence-electron chi connectivity index (χ4n) is 3.86. The summed E-state index contributed by atoms with van der Waals surface area (Å²) in [6, 6.07) is 7.61. The summed E-state index contributed by atoms with van der Waals surface area (Å²) in [6.45, 7) is 2.12. The Labute approximate surface area is 197 Å². The lowest BCUT2D eigenvalue weighted by Crippen LogP contribution is -2.67. The molecule has 0 amide bonds. The van der Waals surface area contributed by atoms with Crippen molar-refractivity contribution in [1.82, 2.24) is 25.0 Å². The number of halogens is 3. The Morgan fingerprint density at radius 1 is 1.33 bits per heavy atom. The molecule has 12 heteroatoms. The van der Waals surface area contributed by atoms with Crippen LogP contribution in [0.2, 0.25) is 5.02 Å². The maximum Gasteiger partial charge on any atom is 0.155 e. The third-order valence-corrected chi connectivity index (χ3v) is 8.92. The van der Waals surface area contributed by atoms with Crippen molar-refractivity contribution in [3.05, 3.63) is 64.3 Å². The molecule has 0 radical (unpaired) electrons. The number of hydrogen-bond acceptors (Lipinski definition) is 7. The molecule has 3 heterocycles. The highest BCUT2D eigenvalue weighted by molar-refractivity contribution is 7.89. The van der Waals surface area contributed by atoms with Crippen molar-refractivity contribution in [3.63, 3.8) is 0 Å². The fourth-order valence-corrected chi connectivity index (χ4v) is 6.44. The first kappa shape index (κ1) is 23.8. The van der Waals surface area contributed by atoms with Crippen LogP contribution < -0.4 is 5.73 Å². The van der Waals surface area contributed by atoms with Gasteiger partial charge in [0.1, 0.15) is 18.2 Å². The van der Waals surface area contributed by atoms with E-state index in [-0.39, 0.29) is 12.1 Å². The van der Waals surface area contributed by atoms with Gasteiger partial charge in [-0.1, -0.05) is 27.5 Å². The number of nitrogens with two attached hydrogens (primary N) is 1. The van der Waals surface area contributed by atoms with E-state index in [1.807, 2.05) is 0 Å². The summed E-state index contributed by atoms with van der Waals surface area (Å²) in [5.74, 6) is -0.140. The van der Waals surface area contributed by atoms with E-state index in [0.29, 0.717) is 22.1 Å². The van der Waals surface area contributed by atoms with Crippen LogP contribution in [0.3, 0.4) is 0 Å². The van der Waals surface area contributed by atoms with Crippen molar-refractivity contribution < 1.29 is 8.78 Å². The number of pyridine rings is 1. The zero-order valence-electron chi connectivity index (χ0n) is 18.2. The zero-order chi connectivity index (χ0) is 24.0. The largest absolute Gasteiger partial charge is 0.785 e. The minimum absolute atomic E-state index is 0.0439. The Morgan fingerprint density at radius 3 is 2.73 bits per heavy atom. The van der Waals surface area contributed by atoms with Gasteiger partial charge in [-0.15, -0.1) is 5.10 Å². The van der Waals surface area contributed by atoms with E-state index in [1.54, 1.807) is 32.2 Å². The van der Waals surface area contributed by atoms with Crippen molar-refractivity contribution in [3.8, 4) is 17.1 Å². The third kappa shape index (κ3) is 3.97. The minimum atomic E-state index is -1.51. The van der Waals surface area contributed by atoms with Crippen LogP contribution in [0.1, 0.15) is 19.4 Å². The first-order valence-corrected chi connectivity index (χ1v) is 11.7. The molecule has 3 aromatic rings. The van der Waals surface area contributed by atoms with Crippen LogP contribution in [0.4, 0.5) is 8.78 Å². The monoisotopic (exact) mass is 494 g/mol. The molecule has 1 saturated heterocycles. The Bertz CT molecular complexity index is 1200. The number of rotatable bonds is 4. The summed E-state index contributed by atoms with van der Waals surface area (Å²) in [5.41, 5.74) is 6.38. The van der Waals surface area contributed by atoms with Crippen LogP contribution in [0.5, 0.6) is 0 Å². The van der Waals surface area contributed by atoms with E-state index in [0.717, 1.165) is 5.06 Å². The quantitative estimate of drug-likeness (QED) is 0.593. The number of aromatic nitrogens is 4. The van der Waals surface area contributed by atoms with Gasteiger partial charge in [0, 0.05) is 36.5 Å². The normalized spacial score (nSPS) is 25.5. The van der Waals surface area contributed by atoms with E-state index < -0.39 is 38.8 Å². The molecule has 2 aromatic heterocycles. The maximum atomic E-state index is 15.1. The molecule has 33 heavy (non-hydrogen) atoms. The lowest BCUT2D eigenvalue weighted by Gasteiger charge is -2.58. The summed E-state index contributed by atoms with van der Waals surface area (Å²) >= 11 is 5.88. The molecule has 0 saturated carbocycles. The molecule has 2 N–H and O–H groups in total. The van der Waals surface area contributed by atoms with Crippen molar-refractivity contribution in [1.29, 1.82) is 0 Å². The van der Waals surface area contributed by atoms with E-state index in [2.05, 4.69) is 19.7 Å². The molecule has 1 aliphatic rings. The molecule has 1 fully saturated rings. The van der Waals surface area contributed by atoms with Crippen molar-refractivity contribution in [2.75, 3.05) is 20.3 Å². The number of benzene rings is 1. The Kier molecular flexibility index (Phi) is 6.36. The highest BCUT2D eigenvalue weighted by Crippen LogP contribution is 2.43. The molecule has 176 valence electrons. The van der Waals surface area contributed by atoms with Crippen LogP contribution in [0, 0.1) is 11.0 Å². The number of hydrogen-bond donors (Lipinski definition) is 1. The van der Waals surface area contributed by atoms with Crippen molar-refractivity contribution >= 4 is 22.3 Å². The van der Waals surface area contributed by atoms with Gasteiger partial charge >= 0.3 is 0 Å². The van der Waals surface area contributed by atoms with Crippen LogP contribution in [0.25, 0.3) is 17.1 Å². The Hall–Kier alpha value is -2.31. The van der Waals surface area contributed by atoms with E-state index in [4.69, 9.17) is 17.3 Å². The molecule has 4 rings (SSSR count). The van der Waals surface area contributed by atoms with Crippen molar-refractivity contribution in [2.24, 2.45) is 10.1 Å². The lowest BCUT2D eigenvalue weighted by atomic mass is 9.93. The molecule has 1 aromatic carbocycles. The van der Waals surface area contributed by atoms with Gasteiger partial charge in [0.2, 0.25) is 0 Å². The molecule has 1 aliphatic heterocycles. The topological polar surface area (TPSA) is 108 Å². The number of nitrogens with zero attached hydrogens (tertiary/aromatic N) is 6. The lowest BCUT2D eigenvalue weighted by molar-refractivity contribution is 0.136. The molecular formula is C21H23ClF2N7OS-. The smallest absolute Gasteiger partial charge is 0.155 e. The average molecular weight is 495 g/mol. The van der Waals surface area contributed by atoms with Gasteiger partial charge in [-0.25, -0.2) is 18.4 Å². The standard InChI is InChI=1S/C21H23ClF2N7OS/c1-20(2)19(25)33(26-3)21(11-23,12-31(20)32)15-8-13(4-6-16(15)24)17-10-30(29-28-17)18-7-5-14(22)9-27-18/h4-10,19H,11-12,25H2,1-3H3/q-1/t19?,21-,33?/m1/s1. The first-order valence-electron chi connectivity index (χ1n) is 10.1. The fraction of sp³-hybridized carbons (Fsp3) is 0.381. The van der Waals surface area contributed by atoms with Gasteiger partial charge in [-0.3, -0.25) is 4.36 Å². The zero-order valence-corrected chi connectivity index (χ0v) is 19.8. The molecule has 8 nitrogen and oxygen atoms in total. The van der Waals surface area contributed by atoms with E-state index in [1.165, 1.54) is 36.1 Å². The molecule has 2 unspecified atom stereocenters. The molecule has 0 spiro atoms. The highest BCUT2D eigenvalue weighted by Gasteiger charge is 2.51. The second-order valence-electron chi connectivity index (χ2n) is 8.31. The van der Waals surface area contributed by atoms with Crippen molar-refractivity contribution in [2.45, 2.75) is 29.5 Å².